The van der Waals surface area contributed by atoms with E-state index in [0.717, 1.165) is 73.8 Å². The van der Waals surface area contributed by atoms with Crippen LogP contribution in [0.1, 0.15) is 49.8 Å². The van der Waals surface area contributed by atoms with Gasteiger partial charge in [-0.15, -0.1) is 0 Å². The van der Waals surface area contributed by atoms with Crippen molar-refractivity contribution >= 4 is 34.1 Å². The second-order valence-electron chi connectivity index (χ2n) is 11.3. The van der Waals surface area contributed by atoms with Crippen molar-refractivity contribution in [2.75, 3.05) is 71.2 Å². The topological polar surface area (TPSA) is 170 Å². The maximum Gasteiger partial charge on any atom is 0.0741 e. The predicted molar refractivity (Wildman–Crippen MR) is 177 cm³/mol. The number of aryl methyl sites for hydroxylation is 3. The highest BCUT2D eigenvalue weighted by Crippen LogP contribution is 2.32. The van der Waals surface area contributed by atoms with Crippen LogP contribution in [0.4, 0.5) is 34.1 Å². The van der Waals surface area contributed by atoms with E-state index in [1.54, 1.807) is 24.8 Å². The van der Waals surface area contributed by atoms with E-state index >= 15 is 0 Å². The van der Waals surface area contributed by atoms with Gasteiger partial charge in [-0.05, 0) is 63.1 Å². The smallest absolute Gasteiger partial charge is 0.0741 e. The van der Waals surface area contributed by atoms with Gasteiger partial charge in [0.15, 0.2) is 0 Å². The van der Waals surface area contributed by atoms with Gasteiger partial charge in [-0.25, -0.2) is 0 Å². The molecule has 0 saturated carbocycles. The molecule has 0 bridgehead atoms. The van der Waals surface area contributed by atoms with E-state index in [2.05, 4.69) is 42.6 Å². The lowest BCUT2D eigenvalue weighted by Gasteiger charge is -2.21. The fourth-order valence-corrected chi connectivity index (χ4v) is 5.99. The fraction of sp³-hybridized carbons (Fsp3) is 0.500. The molecule has 3 aromatic rings. The number of aliphatic hydroxyl groups excluding tert-OH is 1. The summed E-state index contributed by atoms with van der Waals surface area (Å²) in [5.74, 6) is 0.136. The molecule has 6 heterocycles. The Morgan fingerprint density at radius 1 is 0.674 bits per heavy atom. The number of hydrogen-bond acceptors (Lipinski definition) is 11. The Labute approximate surface area is 256 Å². The zero-order valence-corrected chi connectivity index (χ0v) is 25.0. The van der Waals surface area contributed by atoms with E-state index in [4.69, 9.17) is 22.5 Å². The van der Waals surface area contributed by atoms with Crippen molar-refractivity contribution in [3.05, 3.63) is 53.9 Å². The van der Waals surface area contributed by atoms with E-state index in [9.17, 15) is 5.11 Å². The Morgan fingerprint density at radius 2 is 1.09 bits per heavy atom. The Balaban J connectivity index is 0.000000175. The SMILES string of the molecule is C.Cc1cncc(N)c1N1CCC(O)C1.Cc1cncc(N)c1N1CCCC1.Cc1cncc(N)c1N1CC[C@@H](C#N)C1. The summed E-state index contributed by atoms with van der Waals surface area (Å²) in [7, 11) is 0. The highest BCUT2D eigenvalue weighted by Gasteiger charge is 2.25. The van der Waals surface area contributed by atoms with Gasteiger partial charge in [0.2, 0.25) is 0 Å². The van der Waals surface area contributed by atoms with Crippen LogP contribution in [0.25, 0.3) is 0 Å². The maximum atomic E-state index is 9.44. The van der Waals surface area contributed by atoms with Gasteiger partial charge < -0.3 is 37.0 Å². The minimum absolute atomic E-state index is 0. The Bertz CT molecular complexity index is 1320. The first kappa shape index (κ1) is 33.2. The van der Waals surface area contributed by atoms with Gasteiger partial charge in [0.25, 0.3) is 0 Å². The van der Waals surface area contributed by atoms with Crippen molar-refractivity contribution < 1.29 is 5.11 Å². The highest BCUT2D eigenvalue weighted by atomic mass is 16.3. The molecule has 0 aliphatic carbocycles. The van der Waals surface area contributed by atoms with E-state index in [1.807, 2.05) is 26.2 Å². The zero-order chi connectivity index (χ0) is 30.2. The second-order valence-corrected chi connectivity index (χ2v) is 11.3. The van der Waals surface area contributed by atoms with Crippen LogP contribution in [-0.2, 0) is 0 Å². The first-order valence-electron chi connectivity index (χ1n) is 14.6. The summed E-state index contributed by atoms with van der Waals surface area (Å²) in [5.41, 5.74) is 26.4. The largest absolute Gasteiger partial charge is 0.396 e. The molecule has 3 saturated heterocycles. The lowest BCUT2D eigenvalue weighted by atomic mass is 10.1. The molecule has 3 aromatic heterocycles. The van der Waals surface area contributed by atoms with Crippen molar-refractivity contribution in [2.45, 2.75) is 60.0 Å². The number of anilines is 6. The third-order valence-electron chi connectivity index (χ3n) is 7.98. The molecule has 0 aromatic carbocycles. The quantitative estimate of drug-likeness (QED) is 0.348. The number of nitriles is 1. The third-order valence-corrected chi connectivity index (χ3v) is 7.98. The van der Waals surface area contributed by atoms with Gasteiger partial charge in [-0.3, -0.25) is 15.0 Å². The van der Waals surface area contributed by atoms with Crippen LogP contribution in [0.15, 0.2) is 37.2 Å². The summed E-state index contributed by atoms with van der Waals surface area (Å²) in [5, 5.41) is 18.3. The standard InChI is InChI=1S/C11H14N4.C10H15N3O.C10H15N3.CH4/c1-8-5-14-6-10(13)11(8)15-3-2-9(4-12)7-15;1-7-4-12-5-9(11)10(7)13-3-2-8(14)6-13;1-8-6-12-7-9(11)10(8)13-4-2-3-5-13;/h5-6,9H,2-3,7,13H2,1H3;4-5,8,14H,2-3,6,11H2,1H3;6-7H,2-5,11H2,1H3;1H4/t9-;;;/m0.../s1. The van der Waals surface area contributed by atoms with Crippen LogP contribution in [0, 0.1) is 38.0 Å². The van der Waals surface area contributed by atoms with Crippen LogP contribution in [0.5, 0.6) is 0 Å². The van der Waals surface area contributed by atoms with E-state index < -0.39 is 0 Å². The van der Waals surface area contributed by atoms with E-state index in [-0.39, 0.29) is 19.4 Å². The number of nitrogens with two attached hydrogens (primary N) is 3. The minimum Gasteiger partial charge on any atom is -0.396 e. The lowest BCUT2D eigenvalue weighted by molar-refractivity contribution is 0.198. The van der Waals surface area contributed by atoms with Gasteiger partial charge in [0.1, 0.15) is 0 Å². The van der Waals surface area contributed by atoms with Crippen LogP contribution < -0.4 is 31.9 Å². The number of nitrogen functional groups attached to an aromatic ring is 3. The molecule has 0 spiro atoms. The van der Waals surface area contributed by atoms with Crippen LogP contribution >= 0.6 is 0 Å². The summed E-state index contributed by atoms with van der Waals surface area (Å²) < 4.78 is 0. The van der Waals surface area contributed by atoms with Gasteiger partial charge >= 0.3 is 0 Å². The third kappa shape index (κ3) is 8.17. The summed E-state index contributed by atoms with van der Waals surface area (Å²) >= 11 is 0. The normalized spacial score (nSPS) is 19.1. The average molecular weight is 589 g/mol. The molecule has 11 heteroatoms. The number of nitrogens with zero attached hydrogens (tertiary/aromatic N) is 7. The van der Waals surface area contributed by atoms with Gasteiger partial charge in [0.05, 0.1) is 70.8 Å². The Morgan fingerprint density at radius 3 is 1.47 bits per heavy atom. The lowest BCUT2D eigenvalue weighted by Crippen LogP contribution is -2.23. The van der Waals surface area contributed by atoms with Crippen molar-refractivity contribution in [2.24, 2.45) is 5.92 Å². The van der Waals surface area contributed by atoms with Crippen LogP contribution in [-0.4, -0.2) is 65.4 Å². The molecule has 3 fully saturated rings. The maximum absolute atomic E-state index is 9.44. The summed E-state index contributed by atoms with van der Waals surface area (Å²) in [6.07, 6.45) is 14.6. The number of aliphatic hydroxyl groups is 1. The number of hydrogen-bond donors (Lipinski definition) is 4. The second kappa shape index (κ2) is 15.3. The average Bonchev–Trinajstić information content (AvgIpc) is 3.73. The Hall–Kier alpha value is -4.30. The van der Waals surface area contributed by atoms with Crippen molar-refractivity contribution in [3.63, 3.8) is 0 Å². The molecule has 3 aliphatic rings. The highest BCUT2D eigenvalue weighted by molar-refractivity contribution is 5.72. The van der Waals surface area contributed by atoms with Gasteiger partial charge in [-0.1, -0.05) is 7.43 Å². The first-order chi connectivity index (χ1) is 20.2. The molecule has 11 nitrogen and oxygen atoms in total. The molecular formula is C32H48N10O. The monoisotopic (exact) mass is 588 g/mol. The number of aromatic nitrogens is 3. The molecule has 43 heavy (non-hydrogen) atoms. The molecule has 0 amide bonds. The molecular weight excluding hydrogens is 540 g/mol. The summed E-state index contributed by atoms with van der Waals surface area (Å²) in [6.45, 7) is 11.6. The molecule has 6 rings (SSSR count). The first-order valence-corrected chi connectivity index (χ1v) is 14.6. The van der Waals surface area contributed by atoms with Crippen molar-refractivity contribution in [3.8, 4) is 6.07 Å². The molecule has 3 aliphatic heterocycles. The van der Waals surface area contributed by atoms with E-state index in [0.29, 0.717) is 17.9 Å². The number of β-amino-alcohol motifs (C(OH)–C–C–N with tert-alkyl or cyclic N) is 1. The molecule has 0 radical (unpaired) electrons. The van der Waals surface area contributed by atoms with Crippen LogP contribution in [0.2, 0.25) is 0 Å². The van der Waals surface area contributed by atoms with Crippen molar-refractivity contribution in [1.82, 2.24) is 15.0 Å². The van der Waals surface area contributed by atoms with E-state index in [1.165, 1.54) is 24.1 Å². The molecule has 232 valence electrons. The minimum atomic E-state index is -0.220. The molecule has 1 unspecified atom stereocenters. The van der Waals surface area contributed by atoms with Crippen LogP contribution in [0.3, 0.4) is 0 Å². The molecule has 2 atom stereocenters. The summed E-state index contributed by atoms with van der Waals surface area (Å²) in [6, 6.07) is 2.30. The molecule has 7 N–H and O–H groups in total. The number of pyridine rings is 3. The van der Waals surface area contributed by atoms with Gasteiger partial charge in [0, 0.05) is 57.9 Å². The van der Waals surface area contributed by atoms with Crippen molar-refractivity contribution in [1.29, 1.82) is 5.26 Å². The summed E-state index contributed by atoms with van der Waals surface area (Å²) in [4.78, 5) is 18.8. The zero-order valence-electron chi connectivity index (χ0n) is 25.0. The predicted octanol–water partition coefficient (Wildman–Crippen LogP) is 4.07. The van der Waals surface area contributed by atoms with Gasteiger partial charge in [-0.2, -0.15) is 5.26 Å². The fourth-order valence-electron chi connectivity index (χ4n) is 5.99. The number of rotatable bonds is 3. The Kier molecular flexibility index (Phi) is 11.8.